The molecule has 4 nitrogen and oxygen atoms in total. The number of fused-ring (bicyclic) bond motifs is 12. The average Bonchev–Trinajstić information content (AvgIpc) is 3.94. The van der Waals surface area contributed by atoms with E-state index in [0.717, 1.165) is 67.1 Å². The molecular formula is C64H40N4. The first-order valence-corrected chi connectivity index (χ1v) is 23.2. The van der Waals surface area contributed by atoms with E-state index < -0.39 is 0 Å². The van der Waals surface area contributed by atoms with Crippen molar-refractivity contribution >= 4 is 75.9 Å². The summed E-state index contributed by atoms with van der Waals surface area (Å²) in [5.41, 5.74) is 13.8. The van der Waals surface area contributed by atoms with Gasteiger partial charge < -0.3 is 9.13 Å². The Morgan fingerprint density at radius 3 is 1.26 bits per heavy atom. The fourth-order valence-electron chi connectivity index (χ4n) is 10.8. The topological polar surface area (TPSA) is 35.6 Å². The zero-order valence-corrected chi connectivity index (χ0v) is 36.9. The second-order valence-electron chi connectivity index (χ2n) is 17.7. The summed E-state index contributed by atoms with van der Waals surface area (Å²) in [6.45, 7) is 0. The molecule has 4 heteroatoms. The van der Waals surface area contributed by atoms with Gasteiger partial charge in [0.25, 0.3) is 0 Å². The zero-order valence-electron chi connectivity index (χ0n) is 36.9. The summed E-state index contributed by atoms with van der Waals surface area (Å²) in [5.74, 6) is 0.679. The molecule has 0 aliphatic heterocycles. The number of aromatic nitrogens is 4. The van der Waals surface area contributed by atoms with Gasteiger partial charge in [-0.2, -0.15) is 0 Å². The number of nitrogens with zero attached hydrogens (tertiary/aromatic N) is 4. The Balaban J connectivity index is 1.03. The third-order valence-electron chi connectivity index (χ3n) is 13.9. The first-order chi connectivity index (χ1) is 33.7. The fourth-order valence-corrected chi connectivity index (χ4v) is 10.8. The quantitative estimate of drug-likeness (QED) is 0.156. The molecule has 0 spiro atoms. The van der Waals surface area contributed by atoms with E-state index in [1.54, 1.807) is 0 Å². The normalized spacial score (nSPS) is 11.8. The van der Waals surface area contributed by atoms with Crippen molar-refractivity contribution in [2.24, 2.45) is 0 Å². The van der Waals surface area contributed by atoms with Crippen molar-refractivity contribution in [2.45, 2.75) is 0 Å². The summed E-state index contributed by atoms with van der Waals surface area (Å²) in [7, 11) is 0. The van der Waals surface area contributed by atoms with E-state index in [0.29, 0.717) is 5.82 Å². The van der Waals surface area contributed by atoms with Crippen LogP contribution in [0.4, 0.5) is 0 Å². The van der Waals surface area contributed by atoms with Gasteiger partial charge in [-0.25, -0.2) is 9.97 Å². The van der Waals surface area contributed by atoms with Gasteiger partial charge in [-0.3, -0.25) is 0 Å². The van der Waals surface area contributed by atoms with Crippen molar-refractivity contribution in [1.29, 1.82) is 0 Å². The van der Waals surface area contributed by atoms with Crippen LogP contribution in [0.25, 0.3) is 132 Å². The molecule has 0 saturated heterocycles. The van der Waals surface area contributed by atoms with Gasteiger partial charge in [0.1, 0.15) is 0 Å². The molecule has 316 valence electrons. The van der Waals surface area contributed by atoms with E-state index in [9.17, 15) is 0 Å². The summed E-state index contributed by atoms with van der Waals surface area (Å²) in [6.07, 6.45) is 0. The maximum atomic E-state index is 5.44. The first-order valence-electron chi connectivity index (χ1n) is 23.2. The van der Waals surface area contributed by atoms with E-state index in [1.165, 1.54) is 59.4 Å². The highest BCUT2D eigenvalue weighted by molar-refractivity contribution is 6.26. The standard InChI is InChI=1S/C64H40N4/c1-3-17-41(18-4-1)64-65-58(43-32-34-63-57(39-43)55-27-13-16-30-62(55)67(63)46-19-5-2-6-20-46)40-59(66-64)45-35-44(36-47(37-45)68-60-28-14-11-25-53(60)54-26-12-15-29-61(54)68)42-31-33-52-50-23-8-7-21-48(50)49-22-9-10-24-51(49)56(52)38-42/h1-40H. The second kappa shape index (κ2) is 15.2. The molecule has 0 fully saturated rings. The average molecular weight is 865 g/mol. The SMILES string of the molecule is c1ccc(-c2nc(-c3cc(-c4ccc5c6ccccc6c6ccccc6c5c4)cc(-n4c5ccccc5c5ccccc54)c3)cc(-c3ccc4c(c3)c3ccccc3n4-c3ccccc3)n2)cc1. The third-order valence-corrected chi connectivity index (χ3v) is 13.9. The van der Waals surface area contributed by atoms with Gasteiger partial charge in [-0.05, 0) is 116 Å². The third kappa shape index (κ3) is 6.01. The van der Waals surface area contributed by atoms with E-state index >= 15 is 0 Å². The largest absolute Gasteiger partial charge is 0.309 e. The van der Waals surface area contributed by atoms with E-state index in [1.807, 2.05) is 6.07 Å². The molecule has 3 heterocycles. The van der Waals surface area contributed by atoms with Crippen molar-refractivity contribution in [2.75, 3.05) is 0 Å². The van der Waals surface area contributed by atoms with Crippen LogP contribution in [0.1, 0.15) is 0 Å². The molecule has 0 aliphatic rings. The van der Waals surface area contributed by atoms with Crippen LogP contribution >= 0.6 is 0 Å². The predicted molar refractivity (Wildman–Crippen MR) is 285 cm³/mol. The Hall–Kier alpha value is -9.12. The number of rotatable bonds is 6. The summed E-state index contributed by atoms with van der Waals surface area (Å²) in [4.78, 5) is 10.8. The number of para-hydroxylation sites is 4. The monoisotopic (exact) mass is 864 g/mol. The smallest absolute Gasteiger partial charge is 0.160 e. The van der Waals surface area contributed by atoms with Gasteiger partial charge >= 0.3 is 0 Å². The molecule has 3 aromatic heterocycles. The lowest BCUT2D eigenvalue weighted by Crippen LogP contribution is -1.99. The Bertz CT molecular complexity index is 4230. The molecule has 0 unspecified atom stereocenters. The summed E-state index contributed by atoms with van der Waals surface area (Å²) < 4.78 is 4.77. The van der Waals surface area contributed by atoms with Crippen LogP contribution in [0.3, 0.4) is 0 Å². The molecule has 0 N–H and O–H groups in total. The molecule has 0 saturated carbocycles. The fraction of sp³-hybridized carbons (Fsp3) is 0. The maximum Gasteiger partial charge on any atom is 0.160 e. The minimum atomic E-state index is 0.679. The Labute approximate surface area is 392 Å². The molecule has 0 radical (unpaired) electrons. The van der Waals surface area contributed by atoms with Crippen LogP contribution in [-0.2, 0) is 0 Å². The summed E-state index contributed by atoms with van der Waals surface area (Å²) in [6, 6.07) is 87.6. The molecule has 0 aliphatic carbocycles. The maximum absolute atomic E-state index is 5.44. The van der Waals surface area contributed by atoms with Gasteiger partial charge in [0, 0.05) is 49.6 Å². The lowest BCUT2D eigenvalue weighted by Gasteiger charge is -2.16. The van der Waals surface area contributed by atoms with Gasteiger partial charge in [0.2, 0.25) is 0 Å². The first kappa shape index (κ1) is 38.2. The lowest BCUT2D eigenvalue weighted by molar-refractivity contribution is 1.16. The van der Waals surface area contributed by atoms with Crippen molar-refractivity contribution in [3.8, 4) is 56.4 Å². The molecule has 14 rings (SSSR count). The summed E-state index contributed by atoms with van der Waals surface area (Å²) in [5, 5.41) is 12.3. The number of hydrogen-bond donors (Lipinski definition) is 0. The number of hydrogen-bond acceptors (Lipinski definition) is 2. The Kier molecular flexibility index (Phi) is 8.55. The molecule has 0 bridgehead atoms. The van der Waals surface area contributed by atoms with Crippen LogP contribution in [0.15, 0.2) is 243 Å². The van der Waals surface area contributed by atoms with Crippen molar-refractivity contribution < 1.29 is 0 Å². The van der Waals surface area contributed by atoms with E-state index in [-0.39, 0.29) is 0 Å². The van der Waals surface area contributed by atoms with Crippen molar-refractivity contribution in [3.05, 3.63) is 243 Å². The van der Waals surface area contributed by atoms with Crippen LogP contribution in [-0.4, -0.2) is 19.1 Å². The van der Waals surface area contributed by atoms with Crippen LogP contribution < -0.4 is 0 Å². The van der Waals surface area contributed by atoms with Crippen molar-refractivity contribution in [3.63, 3.8) is 0 Å². The Morgan fingerprint density at radius 1 is 0.221 bits per heavy atom. The lowest BCUT2D eigenvalue weighted by atomic mass is 9.91. The number of benzene rings is 11. The van der Waals surface area contributed by atoms with Crippen molar-refractivity contribution in [1.82, 2.24) is 19.1 Å². The van der Waals surface area contributed by atoms with Gasteiger partial charge in [0.05, 0.1) is 33.5 Å². The van der Waals surface area contributed by atoms with Crippen LogP contribution in [0.5, 0.6) is 0 Å². The minimum Gasteiger partial charge on any atom is -0.309 e. The molecular weight excluding hydrogens is 825 g/mol. The molecule has 68 heavy (non-hydrogen) atoms. The van der Waals surface area contributed by atoms with Crippen LogP contribution in [0, 0.1) is 0 Å². The van der Waals surface area contributed by atoms with E-state index in [4.69, 9.17) is 9.97 Å². The zero-order chi connectivity index (χ0) is 44.7. The van der Waals surface area contributed by atoms with Crippen LogP contribution in [0.2, 0.25) is 0 Å². The highest BCUT2D eigenvalue weighted by Crippen LogP contribution is 2.41. The Morgan fingerprint density at radius 2 is 0.647 bits per heavy atom. The highest BCUT2D eigenvalue weighted by atomic mass is 15.0. The minimum absolute atomic E-state index is 0.679. The van der Waals surface area contributed by atoms with Gasteiger partial charge in [-0.15, -0.1) is 0 Å². The highest BCUT2D eigenvalue weighted by Gasteiger charge is 2.19. The van der Waals surface area contributed by atoms with E-state index in [2.05, 4.69) is 246 Å². The molecule has 0 amide bonds. The van der Waals surface area contributed by atoms with Gasteiger partial charge in [0.15, 0.2) is 5.82 Å². The van der Waals surface area contributed by atoms with Gasteiger partial charge in [-0.1, -0.05) is 170 Å². The summed E-state index contributed by atoms with van der Waals surface area (Å²) >= 11 is 0. The predicted octanol–water partition coefficient (Wildman–Crippen LogP) is 16.8. The second-order valence-corrected chi connectivity index (χ2v) is 17.7. The molecule has 0 atom stereocenters. The molecule has 11 aromatic carbocycles. The molecule has 14 aromatic rings.